The van der Waals surface area contributed by atoms with E-state index in [2.05, 4.69) is 32.9 Å². The molecule has 1 aromatic carbocycles. The first kappa shape index (κ1) is 23.0. The Labute approximate surface area is 189 Å². The van der Waals surface area contributed by atoms with Gasteiger partial charge < -0.3 is 9.80 Å². The molecule has 0 bridgehead atoms. The van der Waals surface area contributed by atoms with Crippen LogP contribution in [0.4, 0.5) is 0 Å². The summed E-state index contributed by atoms with van der Waals surface area (Å²) in [4.78, 5) is 17.1. The summed E-state index contributed by atoms with van der Waals surface area (Å²) < 4.78 is 0. The van der Waals surface area contributed by atoms with Crippen molar-refractivity contribution in [1.82, 2.24) is 9.80 Å². The number of allylic oxidation sites excluding steroid dienone is 1. The van der Waals surface area contributed by atoms with Crippen molar-refractivity contribution in [2.45, 2.75) is 32.6 Å². The third-order valence-electron chi connectivity index (χ3n) is 7.22. The average Bonchev–Trinajstić information content (AvgIpc) is 3.25. The molecule has 2 aliphatic heterocycles. The van der Waals surface area contributed by atoms with Crippen LogP contribution in [0.25, 0.3) is 0 Å². The second-order valence-electron chi connectivity index (χ2n) is 9.01. The maximum atomic E-state index is 13.3. The van der Waals surface area contributed by atoms with Crippen molar-refractivity contribution in [3.05, 3.63) is 47.0 Å². The number of likely N-dealkylation sites (tertiary alicyclic amines) is 2. The molecular weight excluding hydrogens is 410 g/mol. The highest BCUT2D eigenvalue weighted by Gasteiger charge is 2.45. The lowest BCUT2D eigenvalue weighted by molar-refractivity contribution is -0.139. The maximum absolute atomic E-state index is 13.3. The molecule has 0 saturated carbocycles. The molecule has 3 rings (SSSR count). The highest BCUT2D eigenvalue weighted by Crippen LogP contribution is 2.43. The fourth-order valence-electron chi connectivity index (χ4n) is 4.90. The molecule has 0 spiro atoms. The van der Waals surface area contributed by atoms with Crippen LogP contribution in [-0.2, 0) is 10.2 Å². The molecule has 0 aliphatic carbocycles. The van der Waals surface area contributed by atoms with Gasteiger partial charge in [-0.05, 0) is 48.1 Å². The van der Waals surface area contributed by atoms with E-state index < -0.39 is 0 Å². The number of amidine groups is 1. The molecule has 2 saturated heterocycles. The van der Waals surface area contributed by atoms with Crippen molar-refractivity contribution < 1.29 is 4.79 Å². The van der Waals surface area contributed by atoms with Crippen molar-refractivity contribution in [2.24, 2.45) is 17.8 Å². The van der Waals surface area contributed by atoms with E-state index in [9.17, 15) is 4.79 Å². The van der Waals surface area contributed by atoms with Crippen LogP contribution in [0.1, 0.15) is 32.8 Å². The zero-order chi connectivity index (χ0) is 22.8. The van der Waals surface area contributed by atoms with Crippen LogP contribution in [0.3, 0.4) is 0 Å². The monoisotopic (exact) mass is 439 g/mol. The maximum Gasteiger partial charge on any atom is 0.227 e. The fraction of sp³-hybridized carbons (Fsp3) is 0.500. The normalized spacial score (nSPS) is 28.5. The predicted molar refractivity (Wildman–Crippen MR) is 124 cm³/mol. The number of nitriles is 1. The summed E-state index contributed by atoms with van der Waals surface area (Å²) in [6.07, 6.45) is 3.50. The van der Waals surface area contributed by atoms with Gasteiger partial charge in [-0.15, -0.1) is 0 Å². The standard InChI is InChI=1S/C24H30ClN5O/c1-16-13-30(14-17(2)24(16,3)19-4-6-20(25)7-5-19)23(31)18-10-11-29(15-18)22(28)9-8-21(27)12-26/h4-9,16-18,27-28H,10-11,13-15H2,1-3H3/b9-8-,27-21?,28-22?. The molecule has 2 fully saturated rings. The molecule has 3 unspecified atom stereocenters. The molecule has 6 nitrogen and oxygen atoms in total. The Morgan fingerprint density at radius 1 is 1.13 bits per heavy atom. The first-order chi connectivity index (χ1) is 14.7. The number of carbonyl (C=O) groups is 1. The predicted octanol–water partition coefficient (Wildman–Crippen LogP) is 4.11. The highest BCUT2D eigenvalue weighted by atomic mass is 35.5. The van der Waals surface area contributed by atoms with E-state index in [4.69, 9.17) is 27.7 Å². The number of amides is 1. The quantitative estimate of drug-likeness (QED) is 0.545. The first-order valence-electron chi connectivity index (χ1n) is 10.7. The van der Waals surface area contributed by atoms with Crippen LogP contribution in [0.15, 0.2) is 36.4 Å². The van der Waals surface area contributed by atoms with E-state index in [1.54, 1.807) is 6.07 Å². The molecule has 164 valence electrons. The minimum atomic E-state index is -0.184. The van der Waals surface area contributed by atoms with Crippen molar-refractivity contribution in [3.8, 4) is 6.07 Å². The Kier molecular flexibility index (Phi) is 6.86. The number of hydrogen-bond donors (Lipinski definition) is 2. The van der Waals surface area contributed by atoms with E-state index in [1.807, 2.05) is 21.9 Å². The van der Waals surface area contributed by atoms with Crippen molar-refractivity contribution >= 4 is 29.1 Å². The molecule has 1 aromatic rings. The van der Waals surface area contributed by atoms with E-state index in [-0.39, 0.29) is 28.8 Å². The molecule has 3 atom stereocenters. The molecular formula is C24H30ClN5O. The SMILES string of the molecule is CC1CN(C(=O)C2CCN(C(=N)/C=C\C(=N)C#N)C2)CC(C)C1(C)c1ccc(Cl)cc1. The smallest absolute Gasteiger partial charge is 0.227 e. The minimum absolute atomic E-state index is 0.0266. The second kappa shape index (κ2) is 9.23. The summed E-state index contributed by atoms with van der Waals surface area (Å²) in [6.45, 7) is 9.31. The summed E-state index contributed by atoms with van der Waals surface area (Å²) in [7, 11) is 0. The Balaban J connectivity index is 1.65. The Morgan fingerprint density at radius 2 is 1.74 bits per heavy atom. The van der Waals surface area contributed by atoms with Gasteiger partial charge in [0.1, 0.15) is 17.6 Å². The van der Waals surface area contributed by atoms with E-state index in [0.29, 0.717) is 24.9 Å². The molecule has 2 aliphatic rings. The van der Waals surface area contributed by atoms with Gasteiger partial charge in [-0.25, -0.2) is 0 Å². The van der Waals surface area contributed by atoms with E-state index in [0.717, 1.165) is 24.5 Å². The number of halogens is 1. The van der Waals surface area contributed by atoms with Crippen LogP contribution in [0.2, 0.25) is 5.02 Å². The van der Waals surface area contributed by atoms with Gasteiger partial charge >= 0.3 is 0 Å². The zero-order valence-electron chi connectivity index (χ0n) is 18.4. The van der Waals surface area contributed by atoms with Crippen LogP contribution in [0.5, 0.6) is 0 Å². The summed E-state index contributed by atoms with van der Waals surface area (Å²) >= 11 is 6.08. The Morgan fingerprint density at radius 3 is 2.32 bits per heavy atom. The molecule has 31 heavy (non-hydrogen) atoms. The number of benzene rings is 1. The lowest BCUT2D eigenvalue weighted by atomic mass is 9.62. The third kappa shape index (κ3) is 4.67. The van der Waals surface area contributed by atoms with Crippen molar-refractivity contribution in [2.75, 3.05) is 26.2 Å². The topological polar surface area (TPSA) is 95.0 Å². The zero-order valence-corrected chi connectivity index (χ0v) is 19.1. The van der Waals surface area contributed by atoms with Crippen LogP contribution in [-0.4, -0.2) is 53.4 Å². The van der Waals surface area contributed by atoms with Crippen molar-refractivity contribution in [3.63, 3.8) is 0 Å². The summed E-state index contributed by atoms with van der Waals surface area (Å²) in [5.74, 6) is 0.893. The van der Waals surface area contributed by atoms with Crippen molar-refractivity contribution in [1.29, 1.82) is 16.1 Å². The van der Waals surface area contributed by atoms with Gasteiger partial charge in [0.05, 0.1) is 5.92 Å². The van der Waals surface area contributed by atoms with E-state index in [1.165, 1.54) is 17.7 Å². The summed E-state index contributed by atoms with van der Waals surface area (Å²) in [5, 5.41) is 24.9. The Hall–Kier alpha value is -2.65. The van der Waals surface area contributed by atoms with Crippen LogP contribution in [0, 0.1) is 39.9 Å². The second-order valence-corrected chi connectivity index (χ2v) is 9.45. The molecule has 2 heterocycles. The lowest BCUT2D eigenvalue weighted by Gasteiger charge is -2.50. The Bertz CT molecular complexity index is 920. The number of nitrogens with one attached hydrogen (secondary N) is 2. The number of hydrogen-bond acceptors (Lipinski definition) is 4. The van der Waals surface area contributed by atoms with Gasteiger partial charge in [-0.3, -0.25) is 15.6 Å². The van der Waals surface area contributed by atoms with Gasteiger partial charge in [-0.1, -0.05) is 44.5 Å². The van der Waals surface area contributed by atoms with Gasteiger partial charge in [0, 0.05) is 36.6 Å². The number of nitrogens with zero attached hydrogens (tertiary/aromatic N) is 3. The third-order valence-corrected chi connectivity index (χ3v) is 7.47. The largest absolute Gasteiger partial charge is 0.356 e. The summed E-state index contributed by atoms with van der Waals surface area (Å²) in [5.41, 5.74) is 1.05. The average molecular weight is 440 g/mol. The number of carbonyl (C=O) groups excluding carboxylic acids is 1. The van der Waals surface area contributed by atoms with Crippen LogP contribution < -0.4 is 0 Å². The lowest BCUT2D eigenvalue weighted by Crippen LogP contribution is -2.55. The summed E-state index contributed by atoms with van der Waals surface area (Å²) in [6, 6.07) is 9.81. The molecule has 1 amide bonds. The van der Waals surface area contributed by atoms with Gasteiger partial charge in [0.2, 0.25) is 5.91 Å². The molecule has 2 N–H and O–H groups in total. The number of rotatable bonds is 4. The molecule has 7 heteroatoms. The molecule has 0 aromatic heterocycles. The van der Waals surface area contributed by atoms with Gasteiger partial charge in [0.15, 0.2) is 0 Å². The highest BCUT2D eigenvalue weighted by molar-refractivity contribution is 6.30. The van der Waals surface area contributed by atoms with Crippen LogP contribution >= 0.6 is 11.6 Å². The first-order valence-corrected chi connectivity index (χ1v) is 11.1. The van der Waals surface area contributed by atoms with Gasteiger partial charge in [0.25, 0.3) is 0 Å². The number of piperidine rings is 1. The molecule has 0 radical (unpaired) electrons. The minimum Gasteiger partial charge on any atom is -0.356 e. The fourth-order valence-corrected chi connectivity index (χ4v) is 5.03. The van der Waals surface area contributed by atoms with Gasteiger partial charge in [-0.2, -0.15) is 5.26 Å². The van der Waals surface area contributed by atoms with E-state index >= 15 is 0 Å².